The summed E-state index contributed by atoms with van der Waals surface area (Å²) in [6, 6.07) is 11.2. The molecule has 0 saturated heterocycles. The Morgan fingerprint density at radius 3 is 2.62 bits per heavy atom. The van der Waals surface area contributed by atoms with Crippen molar-refractivity contribution in [3.05, 3.63) is 58.7 Å². The third-order valence-corrected chi connectivity index (χ3v) is 5.54. The Morgan fingerprint density at radius 2 is 1.97 bits per heavy atom. The summed E-state index contributed by atoms with van der Waals surface area (Å²) in [6.45, 7) is 4.16. The Labute approximate surface area is 175 Å². The number of benzene rings is 2. The maximum Gasteiger partial charge on any atom is 0.492 e. The zero-order valence-electron chi connectivity index (χ0n) is 16.7. The van der Waals surface area contributed by atoms with Crippen LogP contribution < -0.4 is 10.8 Å². The molecule has 8 heteroatoms. The second-order valence-electron chi connectivity index (χ2n) is 7.11. The molecule has 0 unspecified atom stereocenters. The van der Waals surface area contributed by atoms with Crippen LogP contribution in [0.1, 0.15) is 46.8 Å². The van der Waals surface area contributed by atoms with Gasteiger partial charge in [-0.1, -0.05) is 32.0 Å². The van der Waals surface area contributed by atoms with Gasteiger partial charge in [-0.05, 0) is 52.5 Å². The Balaban J connectivity index is 1.60. The number of ether oxygens (including phenoxy) is 1. The van der Waals surface area contributed by atoms with Crippen molar-refractivity contribution in [1.29, 1.82) is 0 Å². The number of thioether (sulfide) groups is 1. The lowest BCUT2D eigenvalue weighted by Gasteiger charge is -2.17. The highest BCUT2D eigenvalue weighted by Gasteiger charge is 2.33. The first kappa shape index (κ1) is 21.4. The molecule has 0 bridgehead atoms. The third-order valence-electron chi connectivity index (χ3n) is 4.80. The van der Waals surface area contributed by atoms with E-state index in [4.69, 9.17) is 9.39 Å². The number of nitrogens with one attached hydrogen (secondary N) is 1. The minimum atomic E-state index is -1.03. The van der Waals surface area contributed by atoms with Gasteiger partial charge in [0.2, 0.25) is 0 Å². The van der Waals surface area contributed by atoms with E-state index in [-0.39, 0.29) is 25.0 Å². The van der Waals surface area contributed by atoms with Crippen LogP contribution in [0, 0.1) is 0 Å². The normalized spacial score (nSPS) is 12.8. The molecule has 0 aliphatic carbocycles. The van der Waals surface area contributed by atoms with Crippen LogP contribution in [0.2, 0.25) is 0 Å². The van der Waals surface area contributed by atoms with Crippen molar-refractivity contribution in [2.45, 2.75) is 37.9 Å². The van der Waals surface area contributed by atoms with Gasteiger partial charge in [-0.25, -0.2) is 0 Å². The van der Waals surface area contributed by atoms with E-state index >= 15 is 0 Å². The number of carbonyl (C=O) groups excluding carboxylic acids is 2. The second-order valence-corrected chi connectivity index (χ2v) is 7.99. The van der Waals surface area contributed by atoms with Crippen molar-refractivity contribution in [2.24, 2.45) is 0 Å². The van der Waals surface area contributed by atoms with Crippen LogP contribution in [-0.2, 0) is 27.4 Å². The van der Waals surface area contributed by atoms with Crippen LogP contribution in [0.25, 0.3) is 0 Å². The van der Waals surface area contributed by atoms with Gasteiger partial charge in [0.1, 0.15) is 13.2 Å². The SMILES string of the molecule is CSc1ccc(COC(=O)CNC(=O)c2ccc3c(c2C(C)C)B(O)OC3)cc1. The van der Waals surface area contributed by atoms with Crippen molar-refractivity contribution < 1.29 is 24.0 Å². The van der Waals surface area contributed by atoms with Gasteiger partial charge >= 0.3 is 13.1 Å². The molecule has 6 nitrogen and oxygen atoms in total. The van der Waals surface area contributed by atoms with Gasteiger partial charge in [-0.2, -0.15) is 0 Å². The molecule has 29 heavy (non-hydrogen) atoms. The van der Waals surface area contributed by atoms with Crippen LogP contribution in [0.5, 0.6) is 0 Å². The zero-order valence-corrected chi connectivity index (χ0v) is 17.5. The van der Waals surface area contributed by atoms with E-state index < -0.39 is 13.1 Å². The summed E-state index contributed by atoms with van der Waals surface area (Å²) in [5.41, 5.74) is 3.60. The van der Waals surface area contributed by atoms with Gasteiger partial charge in [-0.3, -0.25) is 9.59 Å². The number of hydrogen-bond donors (Lipinski definition) is 2. The summed E-state index contributed by atoms with van der Waals surface area (Å²) in [6.07, 6.45) is 2.00. The molecule has 1 aliphatic heterocycles. The van der Waals surface area contributed by atoms with E-state index in [1.807, 2.05) is 44.4 Å². The Bertz CT molecular complexity index is 901. The molecule has 2 aromatic rings. The molecule has 2 aromatic carbocycles. The average molecular weight is 413 g/mol. The van der Waals surface area contributed by atoms with Gasteiger partial charge in [-0.15, -0.1) is 11.8 Å². The van der Waals surface area contributed by atoms with Crippen molar-refractivity contribution >= 4 is 36.2 Å². The van der Waals surface area contributed by atoms with Gasteiger partial charge < -0.3 is 19.7 Å². The fourth-order valence-corrected chi connectivity index (χ4v) is 3.76. The number of amides is 1. The predicted octanol–water partition coefficient (Wildman–Crippen LogP) is 2.22. The zero-order chi connectivity index (χ0) is 21.0. The van der Waals surface area contributed by atoms with Gasteiger partial charge in [0, 0.05) is 10.5 Å². The van der Waals surface area contributed by atoms with E-state index in [9.17, 15) is 14.6 Å². The first-order valence-electron chi connectivity index (χ1n) is 9.42. The molecule has 2 N–H and O–H groups in total. The summed E-state index contributed by atoms with van der Waals surface area (Å²) in [7, 11) is -1.03. The first-order chi connectivity index (χ1) is 13.9. The summed E-state index contributed by atoms with van der Waals surface area (Å²) in [4.78, 5) is 25.9. The number of esters is 1. The predicted molar refractivity (Wildman–Crippen MR) is 113 cm³/mol. The van der Waals surface area contributed by atoms with Crippen LogP contribution in [0.15, 0.2) is 41.3 Å². The van der Waals surface area contributed by atoms with E-state index in [2.05, 4.69) is 5.32 Å². The fourth-order valence-electron chi connectivity index (χ4n) is 3.36. The molecule has 0 fully saturated rings. The molecule has 0 spiro atoms. The Hall–Kier alpha value is -2.29. The minimum Gasteiger partial charge on any atom is -0.460 e. The van der Waals surface area contributed by atoms with Gasteiger partial charge in [0.25, 0.3) is 5.91 Å². The van der Waals surface area contributed by atoms with E-state index in [1.165, 1.54) is 0 Å². The smallest absolute Gasteiger partial charge is 0.460 e. The molecule has 3 rings (SSSR count). The molecule has 0 saturated carbocycles. The lowest BCUT2D eigenvalue weighted by Crippen LogP contribution is -2.36. The second kappa shape index (κ2) is 9.48. The summed E-state index contributed by atoms with van der Waals surface area (Å²) >= 11 is 1.64. The highest BCUT2D eigenvalue weighted by Crippen LogP contribution is 2.23. The number of fused-ring (bicyclic) bond motifs is 1. The third kappa shape index (κ3) is 5.01. The number of rotatable bonds is 7. The molecule has 0 radical (unpaired) electrons. The number of hydrogen-bond acceptors (Lipinski definition) is 6. The largest absolute Gasteiger partial charge is 0.492 e. The van der Waals surface area contributed by atoms with Crippen molar-refractivity contribution in [1.82, 2.24) is 5.32 Å². The molecule has 1 amide bonds. The van der Waals surface area contributed by atoms with Crippen LogP contribution in [-0.4, -0.2) is 36.8 Å². The Kier molecular flexibility index (Phi) is 7.00. The highest BCUT2D eigenvalue weighted by atomic mass is 32.2. The van der Waals surface area contributed by atoms with Crippen molar-refractivity contribution in [2.75, 3.05) is 12.8 Å². The van der Waals surface area contributed by atoms with Gasteiger partial charge in [0.15, 0.2) is 0 Å². The number of carbonyl (C=O) groups is 2. The maximum absolute atomic E-state index is 12.7. The van der Waals surface area contributed by atoms with Crippen LogP contribution in [0.3, 0.4) is 0 Å². The summed E-state index contributed by atoms with van der Waals surface area (Å²) in [5, 5.41) is 12.7. The lowest BCUT2D eigenvalue weighted by atomic mass is 9.72. The lowest BCUT2D eigenvalue weighted by molar-refractivity contribution is -0.143. The first-order valence-corrected chi connectivity index (χ1v) is 10.6. The molecular weight excluding hydrogens is 389 g/mol. The van der Waals surface area contributed by atoms with Gasteiger partial charge in [0.05, 0.1) is 6.61 Å². The molecule has 1 aliphatic rings. The van der Waals surface area contributed by atoms with Crippen LogP contribution >= 0.6 is 11.8 Å². The molecular formula is C21H24BNO5S. The van der Waals surface area contributed by atoms with Crippen molar-refractivity contribution in [3.63, 3.8) is 0 Å². The Morgan fingerprint density at radius 1 is 1.24 bits per heavy atom. The molecule has 1 heterocycles. The van der Waals surface area contributed by atoms with E-state index in [1.54, 1.807) is 23.9 Å². The minimum absolute atomic E-state index is 0.0123. The quantitative estimate of drug-likeness (QED) is 0.412. The van der Waals surface area contributed by atoms with E-state index in [0.717, 1.165) is 21.6 Å². The van der Waals surface area contributed by atoms with E-state index in [0.29, 0.717) is 17.6 Å². The fraction of sp³-hybridized carbons (Fsp3) is 0.333. The van der Waals surface area contributed by atoms with Crippen LogP contribution in [0.4, 0.5) is 0 Å². The molecule has 152 valence electrons. The maximum atomic E-state index is 12.7. The van der Waals surface area contributed by atoms with Crippen molar-refractivity contribution in [3.8, 4) is 0 Å². The summed E-state index contributed by atoms with van der Waals surface area (Å²) in [5.74, 6) is -0.877. The monoisotopic (exact) mass is 413 g/mol. The standard InChI is InChI=1S/C21H24BNO5S/c1-13(2)19-17(9-6-15-12-28-22(26)20(15)19)21(25)23-10-18(24)27-11-14-4-7-16(29-3)8-5-14/h4-9,13,26H,10-12H2,1-3H3,(H,23,25). The highest BCUT2D eigenvalue weighted by molar-refractivity contribution is 7.98. The molecule has 0 atom stereocenters. The molecule has 0 aromatic heterocycles. The average Bonchev–Trinajstić information content (AvgIpc) is 3.10. The summed E-state index contributed by atoms with van der Waals surface area (Å²) < 4.78 is 10.5. The topological polar surface area (TPSA) is 84.9 Å².